The highest BCUT2D eigenvalue weighted by molar-refractivity contribution is 5.89. The van der Waals surface area contributed by atoms with Crippen molar-refractivity contribution in [1.29, 1.82) is 0 Å². The first-order valence-corrected chi connectivity index (χ1v) is 9.35. The highest BCUT2D eigenvalue weighted by Crippen LogP contribution is 2.43. The van der Waals surface area contributed by atoms with Crippen LogP contribution in [0.25, 0.3) is 22.3 Å². The van der Waals surface area contributed by atoms with Gasteiger partial charge in [0.25, 0.3) is 0 Å². The average Bonchev–Trinajstić information content (AvgIpc) is 2.73. The van der Waals surface area contributed by atoms with Gasteiger partial charge in [-0.25, -0.2) is 0 Å². The fourth-order valence-electron chi connectivity index (χ4n) is 3.70. The van der Waals surface area contributed by atoms with E-state index in [9.17, 15) is 40.5 Å². The maximum absolute atomic E-state index is 12.7. The molecular weight excluding hydrogens is 412 g/mol. The number of rotatable bonds is 3. The van der Waals surface area contributed by atoms with Crippen molar-refractivity contribution < 1.29 is 44.9 Å². The lowest BCUT2D eigenvalue weighted by Crippen LogP contribution is -2.55. The summed E-state index contributed by atoms with van der Waals surface area (Å²) in [6, 6.07) is 7.69. The molecule has 0 spiro atoms. The molecule has 5 atom stereocenters. The van der Waals surface area contributed by atoms with Crippen LogP contribution in [-0.2, 0) is 4.74 Å². The van der Waals surface area contributed by atoms with Gasteiger partial charge < -0.3 is 44.9 Å². The largest absolute Gasteiger partial charge is 0.508 e. The molecule has 0 unspecified atom stereocenters. The lowest BCUT2D eigenvalue weighted by molar-refractivity contribution is -0.231. The highest BCUT2D eigenvalue weighted by atomic mass is 16.5. The van der Waals surface area contributed by atoms with E-state index in [1.807, 2.05) is 0 Å². The quantitative estimate of drug-likeness (QED) is 0.300. The molecule has 1 saturated heterocycles. The Morgan fingerprint density at radius 1 is 0.871 bits per heavy atom. The predicted octanol–water partition coefficient (Wildman–Crippen LogP) is 0.0917. The van der Waals surface area contributed by atoms with Gasteiger partial charge in [-0.1, -0.05) is 0 Å². The summed E-state index contributed by atoms with van der Waals surface area (Å²) in [6.07, 6.45) is -7.87. The molecule has 4 rings (SSSR count). The van der Waals surface area contributed by atoms with E-state index < -0.39 is 54.1 Å². The first kappa shape index (κ1) is 21.1. The van der Waals surface area contributed by atoms with Gasteiger partial charge in [-0.2, -0.15) is 0 Å². The second-order valence-electron chi connectivity index (χ2n) is 7.30. The Labute approximate surface area is 174 Å². The summed E-state index contributed by atoms with van der Waals surface area (Å²) >= 11 is 0. The number of aromatic hydroxyl groups is 3. The van der Waals surface area contributed by atoms with Crippen LogP contribution in [0, 0.1) is 0 Å². The molecule has 0 saturated carbocycles. The van der Waals surface area contributed by atoms with Gasteiger partial charge >= 0.3 is 0 Å². The maximum atomic E-state index is 12.7. The molecule has 2 aromatic carbocycles. The zero-order valence-electron chi connectivity index (χ0n) is 15.9. The molecule has 10 nitrogen and oxygen atoms in total. The lowest BCUT2D eigenvalue weighted by Gasteiger charge is -2.40. The number of ether oxygens (including phenoxy) is 1. The van der Waals surface area contributed by atoms with E-state index in [-0.39, 0.29) is 28.0 Å². The Morgan fingerprint density at radius 3 is 2.19 bits per heavy atom. The molecule has 31 heavy (non-hydrogen) atoms. The average molecular weight is 432 g/mol. The Bertz CT molecular complexity index is 1170. The SMILES string of the molecule is O=c1cc(-c2ccc(O)cc2)oc2c([C@H]3O[C@@H](CO)[C@H](O)[C@@H](O)[C@@H]3O)c(O)cc(O)c12. The monoisotopic (exact) mass is 432 g/mol. The van der Waals surface area contributed by atoms with Gasteiger partial charge in [0.1, 0.15) is 58.9 Å². The van der Waals surface area contributed by atoms with Crippen LogP contribution >= 0.6 is 0 Å². The number of phenols is 3. The summed E-state index contributed by atoms with van der Waals surface area (Å²) in [7, 11) is 0. The van der Waals surface area contributed by atoms with E-state index >= 15 is 0 Å². The minimum atomic E-state index is -1.75. The molecule has 0 bridgehead atoms. The summed E-state index contributed by atoms with van der Waals surface area (Å²) < 4.78 is 11.3. The van der Waals surface area contributed by atoms with E-state index in [4.69, 9.17) is 9.15 Å². The Kier molecular flexibility index (Phi) is 5.33. The minimum absolute atomic E-state index is 0.0100. The molecule has 10 heteroatoms. The smallest absolute Gasteiger partial charge is 0.197 e. The minimum Gasteiger partial charge on any atom is -0.508 e. The topological polar surface area (TPSA) is 181 Å². The zero-order valence-corrected chi connectivity index (χ0v) is 15.9. The van der Waals surface area contributed by atoms with Gasteiger partial charge in [-0.05, 0) is 24.3 Å². The van der Waals surface area contributed by atoms with Gasteiger partial charge in [0, 0.05) is 17.7 Å². The van der Waals surface area contributed by atoms with Gasteiger partial charge in [0.2, 0.25) is 0 Å². The third kappa shape index (κ3) is 3.50. The maximum Gasteiger partial charge on any atom is 0.197 e. The van der Waals surface area contributed by atoms with Crippen molar-refractivity contribution in [3.8, 4) is 28.6 Å². The Balaban J connectivity index is 1.96. The Morgan fingerprint density at radius 2 is 1.55 bits per heavy atom. The van der Waals surface area contributed by atoms with Crippen molar-refractivity contribution >= 4 is 11.0 Å². The third-order valence-electron chi connectivity index (χ3n) is 5.33. The second-order valence-corrected chi connectivity index (χ2v) is 7.30. The summed E-state index contributed by atoms with van der Waals surface area (Å²) in [5.41, 5.74) is -0.813. The fraction of sp³-hybridized carbons (Fsp3) is 0.286. The van der Waals surface area contributed by atoms with Gasteiger partial charge in [0.15, 0.2) is 11.0 Å². The van der Waals surface area contributed by atoms with Crippen LogP contribution in [0.15, 0.2) is 45.6 Å². The summed E-state index contributed by atoms with van der Waals surface area (Å²) in [5.74, 6) is -1.15. The Hall–Kier alpha value is -3.15. The summed E-state index contributed by atoms with van der Waals surface area (Å²) in [5, 5.41) is 70.0. The molecule has 7 N–H and O–H groups in total. The molecule has 0 amide bonds. The molecule has 3 aromatic rings. The van der Waals surface area contributed by atoms with Crippen molar-refractivity contribution in [2.75, 3.05) is 6.61 Å². The van der Waals surface area contributed by atoms with E-state index in [1.54, 1.807) is 0 Å². The van der Waals surface area contributed by atoms with Gasteiger partial charge in [0.05, 0.1) is 12.2 Å². The number of fused-ring (bicyclic) bond motifs is 1. The van der Waals surface area contributed by atoms with Crippen LogP contribution in [-0.4, -0.2) is 66.8 Å². The standard InChI is InChI=1S/C21H20O10/c22-7-14-17(27)18(28)19(29)21(31-14)16-11(25)5-10(24)15-12(26)6-13(30-20(15)16)8-1-3-9(23)4-2-8/h1-6,14,17-19,21-25,27-29H,7H2/t14-,17-,18+,19-,21+/m0/s1. The summed E-state index contributed by atoms with van der Waals surface area (Å²) in [6.45, 7) is -0.694. The first-order chi connectivity index (χ1) is 14.7. The normalized spacial score (nSPS) is 26.3. The van der Waals surface area contributed by atoms with Crippen molar-refractivity contribution in [2.45, 2.75) is 30.5 Å². The predicted molar refractivity (Wildman–Crippen MR) is 106 cm³/mol. The molecule has 1 aromatic heterocycles. The van der Waals surface area contributed by atoms with Crippen LogP contribution < -0.4 is 5.43 Å². The number of aliphatic hydroxyl groups excluding tert-OH is 4. The van der Waals surface area contributed by atoms with Crippen LogP contribution in [0.4, 0.5) is 0 Å². The van der Waals surface area contributed by atoms with Crippen LogP contribution in [0.5, 0.6) is 17.2 Å². The van der Waals surface area contributed by atoms with Crippen molar-refractivity contribution in [1.82, 2.24) is 0 Å². The molecule has 1 aliphatic heterocycles. The molecule has 1 aliphatic rings. The van der Waals surface area contributed by atoms with E-state index in [1.165, 1.54) is 24.3 Å². The summed E-state index contributed by atoms with van der Waals surface area (Å²) in [4.78, 5) is 12.7. The molecule has 0 radical (unpaired) electrons. The fourth-order valence-corrected chi connectivity index (χ4v) is 3.70. The molecular formula is C21H20O10. The molecule has 2 heterocycles. The second kappa shape index (κ2) is 7.84. The van der Waals surface area contributed by atoms with E-state index in [0.717, 1.165) is 12.1 Å². The lowest BCUT2D eigenvalue weighted by atomic mass is 9.89. The number of hydrogen-bond acceptors (Lipinski definition) is 10. The third-order valence-corrected chi connectivity index (χ3v) is 5.33. The van der Waals surface area contributed by atoms with Crippen LogP contribution in [0.1, 0.15) is 11.7 Å². The van der Waals surface area contributed by atoms with E-state index in [0.29, 0.717) is 5.56 Å². The molecule has 164 valence electrons. The zero-order chi connectivity index (χ0) is 22.4. The van der Waals surface area contributed by atoms with Crippen LogP contribution in [0.2, 0.25) is 0 Å². The van der Waals surface area contributed by atoms with Crippen molar-refractivity contribution in [3.63, 3.8) is 0 Å². The highest BCUT2D eigenvalue weighted by Gasteiger charge is 2.46. The van der Waals surface area contributed by atoms with Crippen molar-refractivity contribution in [2.24, 2.45) is 0 Å². The number of hydrogen-bond donors (Lipinski definition) is 7. The number of phenolic OH excluding ortho intramolecular Hbond substituents is 3. The van der Waals surface area contributed by atoms with E-state index in [2.05, 4.69) is 0 Å². The first-order valence-electron chi connectivity index (χ1n) is 9.35. The van der Waals surface area contributed by atoms with Gasteiger partial charge in [-0.15, -0.1) is 0 Å². The van der Waals surface area contributed by atoms with Crippen molar-refractivity contribution in [3.05, 3.63) is 52.2 Å². The number of benzene rings is 2. The molecule has 1 fully saturated rings. The number of aliphatic hydroxyl groups is 4. The van der Waals surface area contributed by atoms with Crippen LogP contribution in [0.3, 0.4) is 0 Å². The molecule has 0 aliphatic carbocycles. The van der Waals surface area contributed by atoms with Gasteiger partial charge in [-0.3, -0.25) is 4.79 Å².